The molecule has 2 heterocycles. The van der Waals surface area contributed by atoms with E-state index in [2.05, 4.69) is 5.32 Å². The van der Waals surface area contributed by atoms with E-state index >= 15 is 0 Å². The monoisotopic (exact) mass is 254 g/mol. The third-order valence-electron chi connectivity index (χ3n) is 3.47. The number of carbonyl (C=O) groups excluding carboxylic acids is 2. The Kier molecular flexibility index (Phi) is 3.61. The van der Waals surface area contributed by atoms with Gasteiger partial charge in [-0.25, -0.2) is 4.79 Å². The number of Topliss-reactive ketones (excluding diaryl/α,β-unsaturated/α-hetero) is 1. The van der Waals surface area contributed by atoms with Gasteiger partial charge in [-0.15, -0.1) is 0 Å². The van der Waals surface area contributed by atoms with Crippen LogP contribution in [0.2, 0.25) is 0 Å². The lowest BCUT2D eigenvalue weighted by Gasteiger charge is -2.43. The zero-order valence-corrected chi connectivity index (χ0v) is 11.4. The maximum Gasteiger partial charge on any atom is 0.410 e. The summed E-state index contributed by atoms with van der Waals surface area (Å²) < 4.78 is 5.41. The Morgan fingerprint density at radius 3 is 2.83 bits per heavy atom. The maximum atomic E-state index is 12.1. The Balaban J connectivity index is 2.07. The van der Waals surface area contributed by atoms with Crippen molar-refractivity contribution in [3.05, 3.63) is 0 Å². The number of likely N-dealkylation sites (tertiary alicyclic amines) is 1. The van der Waals surface area contributed by atoms with E-state index in [4.69, 9.17) is 4.74 Å². The summed E-state index contributed by atoms with van der Waals surface area (Å²) in [5, 5.41) is 3.08. The Hall–Kier alpha value is -1.10. The van der Waals surface area contributed by atoms with Crippen LogP contribution in [0.3, 0.4) is 0 Å². The molecule has 1 amide bonds. The molecule has 18 heavy (non-hydrogen) atoms. The van der Waals surface area contributed by atoms with Crippen molar-refractivity contribution >= 4 is 11.9 Å². The van der Waals surface area contributed by atoms with Gasteiger partial charge in [0.1, 0.15) is 5.60 Å². The predicted molar refractivity (Wildman–Crippen MR) is 67.3 cm³/mol. The van der Waals surface area contributed by atoms with E-state index in [-0.39, 0.29) is 23.8 Å². The largest absolute Gasteiger partial charge is 0.444 e. The summed E-state index contributed by atoms with van der Waals surface area (Å²) in [5.74, 6) is 0.215. The Labute approximate surface area is 108 Å². The van der Waals surface area contributed by atoms with Crippen LogP contribution in [-0.2, 0) is 9.53 Å². The smallest absolute Gasteiger partial charge is 0.410 e. The molecule has 102 valence electrons. The summed E-state index contributed by atoms with van der Waals surface area (Å²) in [5.41, 5.74) is -0.490. The van der Waals surface area contributed by atoms with Gasteiger partial charge in [0.2, 0.25) is 0 Å². The predicted octanol–water partition coefficient (Wildman–Crippen LogP) is 1.17. The first-order valence-corrected chi connectivity index (χ1v) is 6.61. The van der Waals surface area contributed by atoms with E-state index in [0.29, 0.717) is 19.6 Å². The minimum Gasteiger partial charge on any atom is -0.444 e. The third-order valence-corrected chi connectivity index (χ3v) is 3.47. The average Bonchev–Trinajstić information content (AvgIpc) is 2.26. The van der Waals surface area contributed by atoms with Crippen LogP contribution in [0.1, 0.15) is 33.6 Å². The van der Waals surface area contributed by atoms with Crippen LogP contribution in [0, 0.1) is 5.92 Å². The second-order valence-electron chi connectivity index (χ2n) is 6.09. The SMILES string of the molecule is CC(C)(C)OC(=O)N1CCCC2C(=O)CNCC21. The van der Waals surface area contributed by atoms with Crippen LogP contribution in [-0.4, -0.2) is 48.1 Å². The van der Waals surface area contributed by atoms with Gasteiger partial charge in [0.25, 0.3) is 0 Å². The first-order chi connectivity index (χ1) is 8.38. The number of ether oxygens (including phenoxy) is 1. The molecular formula is C13H22N2O3. The van der Waals surface area contributed by atoms with Gasteiger partial charge in [-0.3, -0.25) is 4.79 Å². The molecule has 0 radical (unpaired) electrons. The minimum absolute atomic E-state index is 0.00693. The van der Waals surface area contributed by atoms with E-state index in [1.54, 1.807) is 4.90 Å². The topological polar surface area (TPSA) is 58.6 Å². The quantitative estimate of drug-likeness (QED) is 0.705. The normalized spacial score (nSPS) is 28.8. The highest BCUT2D eigenvalue weighted by atomic mass is 16.6. The number of fused-ring (bicyclic) bond motifs is 1. The van der Waals surface area contributed by atoms with Crippen LogP contribution in [0.25, 0.3) is 0 Å². The molecule has 5 nitrogen and oxygen atoms in total. The number of rotatable bonds is 0. The Morgan fingerprint density at radius 2 is 2.17 bits per heavy atom. The van der Waals surface area contributed by atoms with Crippen LogP contribution in [0.4, 0.5) is 4.79 Å². The second kappa shape index (κ2) is 4.88. The fourth-order valence-corrected chi connectivity index (χ4v) is 2.71. The van der Waals surface area contributed by atoms with Gasteiger partial charge >= 0.3 is 6.09 Å². The highest BCUT2D eigenvalue weighted by Crippen LogP contribution is 2.27. The van der Waals surface area contributed by atoms with Crippen molar-refractivity contribution in [1.82, 2.24) is 10.2 Å². The molecule has 1 N–H and O–H groups in total. The highest BCUT2D eigenvalue weighted by Gasteiger charge is 2.41. The maximum absolute atomic E-state index is 12.1. The zero-order chi connectivity index (χ0) is 13.3. The van der Waals surface area contributed by atoms with E-state index in [9.17, 15) is 9.59 Å². The molecule has 0 saturated carbocycles. The fraction of sp³-hybridized carbons (Fsp3) is 0.846. The minimum atomic E-state index is -0.490. The van der Waals surface area contributed by atoms with Gasteiger partial charge in [0.05, 0.1) is 12.6 Å². The number of hydrogen-bond acceptors (Lipinski definition) is 4. The zero-order valence-electron chi connectivity index (χ0n) is 11.4. The molecular weight excluding hydrogens is 232 g/mol. The van der Waals surface area contributed by atoms with Crippen LogP contribution in [0.5, 0.6) is 0 Å². The lowest BCUT2D eigenvalue weighted by molar-refractivity contribution is -0.127. The summed E-state index contributed by atoms with van der Waals surface area (Å²) in [6.07, 6.45) is 1.48. The molecule has 2 rings (SSSR count). The van der Waals surface area contributed by atoms with Crippen molar-refractivity contribution in [3.63, 3.8) is 0 Å². The Morgan fingerprint density at radius 1 is 1.44 bits per heavy atom. The number of hydrogen-bond donors (Lipinski definition) is 1. The van der Waals surface area contributed by atoms with Crippen molar-refractivity contribution < 1.29 is 14.3 Å². The molecule has 0 aromatic rings. The fourth-order valence-electron chi connectivity index (χ4n) is 2.71. The van der Waals surface area contributed by atoms with Crippen molar-refractivity contribution in [2.45, 2.75) is 45.3 Å². The molecule has 2 atom stereocenters. The van der Waals surface area contributed by atoms with Crippen molar-refractivity contribution in [1.29, 1.82) is 0 Å². The number of nitrogens with one attached hydrogen (secondary N) is 1. The number of amides is 1. The number of piperidine rings is 2. The second-order valence-corrected chi connectivity index (χ2v) is 6.09. The van der Waals surface area contributed by atoms with E-state index in [1.807, 2.05) is 20.8 Å². The van der Waals surface area contributed by atoms with Gasteiger partial charge < -0.3 is 15.0 Å². The molecule has 2 saturated heterocycles. The lowest BCUT2D eigenvalue weighted by atomic mass is 9.83. The molecule has 0 bridgehead atoms. The van der Waals surface area contributed by atoms with Gasteiger partial charge in [0.15, 0.2) is 5.78 Å². The summed E-state index contributed by atoms with van der Waals surface area (Å²) in [4.78, 5) is 25.7. The van der Waals surface area contributed by atoms with Crippen LogP contribution < -0.4 is 5.32 Å². The van der Waals surface area contributed by atoms with Crippen molar-refractivity contribution in [2.24, 2.45) is 5.92 Å². The molecule has 0 spiro atoms. The molecule has 0 aliphatic carbocycles. The number of carbonyl (C=O) groups is 2. The van der Waals surface area contributed by atoms with Crippen molar-refractivity contribution in [2.75, 3.05) is 19.6 Å². The van der Waals surface area contributed by atoms with E-state index in [0.717, 1.165) is 12.8 Å². The van der Waals surface area contributed by atoms with Gasteiger partial charge in [0, 0.05) is 19.0 Å². The van der Waals surface area contributed by atoms with Crippen LogP contribution >= 0.6 is 0 Å². The number of ketones is 1. The van der Waals surface area contributed by atoms with Gasteiger partial charge in [-0.05, 0) is 33.6 Å². The first-order valence-electron chi connectivity index (χ1n) is 6.61. The van der Waals surface area contributed by atoms with Crippen LogP contribution in [0.15, 0.2) is 0 Å². The number of nitrogens with zero attached hydrogens (tertiary/aromatic N) is 1. The molecule has 0 aromatic carbocycles. The summed E-state index contributed by atoms with van der Waals surface area (Å²) >= 11 is 0. The molecule has 0 aromatic heterocycles. The molecule has 5 heteroatoms. The Bertz CT molecular complexity index is 349. The molecule has 2 aliphatic rings. The summed E-state index contributed by atoms with van der Waals surface area (Å²) in [6.45, 7) is 7.38. The molecule has 2 fully saturated rings. The lowest BCUT2D eigenvalue weighted by Crippen LogP contribution is -2.60. The standard InChI is InChI=1S/C13H22N2O3/c1-13(2,3)18-12(17)15-6-4-5-9-10(15)7-14-8-11(9)16/h9-10,14H,4-8H2,1-3H3. The summed E-state index contributed by atoms with van der Waals surface area (Å²) in [7, 11) is 0. The average molecular weight is 254 g/mol. The highest BCUT2D eigenvalue weighted by molar-refractivity contribution is 5.85. The summed E-state index contributed by atoms with van der Waals surface area (Å²) in [6, 6.07) is -0.0325. The van der Waals surface area contributed by atoms with E-state index < -0.39 is 5.60 Å². The first kappa shape index (κ1) is 13.3. The van der Waals surface area contributed by atoms with Crippen molar-refractivity contribution in [3.8, 4) is 0 Å². The molecule has 2 unspecified atom stereocenters. The van der Waals surface area contributed by atoms with Gasteiger partial charge in [-0.2, -0.15) is 0 Å². The van der Waals surface area contributed by atoms with E-state index in [1.165, 1.54) is 0 Å². The molecule has 2 aliphatic heterocycles. The third kappa shape index (κ3) is 2.83. The van der Waals surface area contributed by atoms with Gasteiger partial charge in [-0.1, -0.05) is 0 Å².